The van der Waals surface area contributed by atoms with Gasteiger partial charge >= 0.3 is 11.9 Å². The summed E-state index contributed by atoms with van der Waals surface area (Å²) in [5.74, 6) is -4.49. The van der Waals surface area contributed by atoms with Gasteiger partial charge in [0.05, 0.1) is 22.4 Å². The second-order valence-corrected chi connectivity index (χ2v) is 10.5. The number of carboxylic acids is 2. The number of carbonyl (C=O) groups excluding carboxylic acids is 2. The molecule has 0 saturated carbocycles. The minimum absolute atomic E-state index is 0.0462. The largest absolute Gasteiger partial charge is 0.478 e. The molecule has 0 fully saturated rings. The van der Waals surface area contributed by atoms with Gasteiger partial charge in [0, 0.05) is 15.1 Å². The number of carboxylic acid groups (broad SMARTS) is 2. The van der Waals surface area contributed by atoms with Crippen molar-refractivity contribution in [3.05, 3.63) is 124 Å². The fourth-order valence-electron chi connectivity index (χ4n) is 3.69. The van der Waals surface area contributed by atoms with Crippen molar-refractivity contribution < 1.29 is 33.8 Å². The number of hydrogen-bond acceptors (Lipinski definition) is 5. The lowest BCUT2D eigenvalue weighted by atomic mass is 10.0. The summed E-state index contributed by atoms with van der Waals surface area (Å²) >= 11 is 4.42. The normalized spacial score (nSPS) is 11.3. The Balaban J connectivity index is 1.52. The Labute approximate surface area is 240 Å². The lowest BCUT2D eigenvalue weighted by molar-refractivity contribution is -0.115. The molecule has 0 spiro atoms. The molecule has 1 atom stereocenters. The van der Waals surface area contributed by atoms with Crippen molar-refractivity contribution in [2.75, 3.05) is 10.6 Å². The van der Waals surface area contributed by atoms with E-state index >= 15 is 0 Å². The van der Waals surface area contributed by atoms with Crippen molar-refractivity contribution in [2.24, 2.45) is 0 Å². The van der Waals surface area contributed by atoms with Crippen LogP contribution in [0.1, 0.15) is 41.9 Å². The van der Waals surface area contributed by atoms with Crippen molar-refractivity contribution in [1.29, 1.82) is 0 Å². The molecule has 0 aromatic heterocycles. The van der Waals surface area contributed by atoms with Gasteiger partial charge < -0.3 is 20.8 Å². The number of thioether (sulfide) groups is 1. The van der Waals surface area contributed by atoms with Crippen LogP contribution >= 0.6 is 27.7 Å². The summed E-state index contributed by atoms with van der Waals surface area (Å²) in [6.07, 6.45) is 0. The van der Waals surface area contributed by atoms with Crippen LogP contribution in [0.3, 0.4) is 0 Å². The fourth-order valence-corrected chi connectivity index (χ4v) is 5.05. The monoisotopic (exact) mass is 622 g/mol. The van der Waals surface area contributed by atoms with Gasteiger partial charge in [0.2, 0.25) is 5.91 Å². The SMILES string of the molecule is O=C(O)c1ccc(C(=O)Nc2ccc(SC(C(=O)Nc3ccc(Br)cc3F)c3ccccc3)cc2)c(C(=O)O)c1. The molecule has 4 N–H and O–H groups in total. The number of carbonyl (C=O) groups is 4. The standard InChI is InChI=1S/C29H20BrFN2O6S/c30-18-7-13-24(23(31)15-18)33-27(35)25(16-4-2-1-3-5-16)40-20-10-8-19(9-11-20)32-26(34)21-12-6-17(28(36)37)14-22(21)29(38)39/h1-15,25H,(H,32,34)(H,33,35)(H,36,37)(H,38,39). The lowest BCUT2D eigenvalue weighted by Crippen LogP contribution is -2.19. The average Bonchev–Trinajstić information content (AvgIpc) is 2.94. The molecule has 40 heavy (non-hydrogen) atoms. The first kappa shape index (κ1) is 28.5. The number of benzene rings is 4. The van der Waals surface area contributed by atoms with Crippen LogP contribution in [0.15, 0.2) is 100 Å². The topological polar surface area (TPSA) is 133 Å². The second-order valence-electron chi connectivity index (χ2n) is 8.37. The van der Waals surface area contributed by atoms with Gasteiger partial charge in [-0.3, -0.25) is 9.59 Å². The van der Waals surface area contributed by atoms with Gasteiger partial charge in [-0.2, -0.15) is 0 Å². The summed E-state index contributed by atoms with van der Waals surface area (Å²) < 4.78 is 14.9. The third-order valence-corrected chi connectivity index (χ3v) is 7.40. The summed E-state index contributed by atoms with van der Waals surface area (Å²) in [5.41, 5.74) is 0.206. The molecular formula is C29H20BrFN2O6S. The molecule has 0 aliphatic carbocycles. The Morgan fingerprint density at radius 3 is 2.10 bits per heavy atom. The van der Waals surface area contributed by atoms with Crippen molar-refractivity contribution in [3.63, 3.8) is 0 Å². The lowest BCUT2D eigenvalue weighted by Gasteiger charge is -2.18. The maximum Gasteiger partial charge on any atom is 0.336 e. The number of anilines is 2. The Morgan fingerprint density at radius 2 is 1.48 bits per heavy atom. The minimum atomic E-state index is -1.44. The van der Waals surface area contributed by atoms with Crippen LogP contribution in [0.25, 0.3) is 0 Å². The highest BCUT2D eigenvalue weighted by atomic mass is 79.9. The van der Waals surface area contributed by atoms with Crippen LogP contribution in [0.4, 0.5) is 15.8 Å². The maximum absolute atomic E-state index is 14.4. The highest BCUT2D eigenvalue weighted by molar-refractivity contribution is 9.10. The molecule has 11 heteroatoms. The Morgan fingerprint density at radius 1 is 0.775 bits per heavy atom. The molecule has 4 aromatic carbocycles. The molecule has 0 aliphatic rings. The quantitative estimate of drug-likeness (QED) is 0.152. The van der Waals surface area contributed by atoms with Gasteiger partial charge in [0.15, 0.2) is 0 Å². The van der Waals surface area contributed by atoms with E-state index in [0.717, 1.165) is 18.2 Å². The van der Waals surface area contributed by atoms with Gasteiger partial charge in [0.1, 0.15) is 11.1 Å². The smallest absolute Gasteiger partial charge is 0.336 e. The van der Waals surface area contributed by atoms with Gasteiger partial charge in [-0.05, 0) is 66.2 Å². The Hall–Kier alpha value is -4.48. The number of rotatable bonds is 9. The molecule has 0 aliphatic heterocycles. The van der Waals surface area contributed by atoms with E-state index in [4.69, 9.17) is 5.11 Å². The first-order valence-electron chi connectivity index (χ1n) is 11.6. The maximum atomic E-state index is 14.4. The van der Waals surface area contributed by atoms with E-state index in [1.165, 1.54) is 23.9 Å². The molecule has 1 unspecified atom stereocenters. The van der Waals surface area contributed by atoms with Crippen LogP contribution in [0.2, 0.25) is 0 Å². The fraction of sp³-hybridized carbons (Fsp3) is 0.0345. The molecule has 0 saturated heterocycles. The highest BCUT2D eigenvalue weighted by Crippen LogP contribution is 2.37. The molecule has 0 heterocycles. The predicted octanol–water partition coefficient (Wildman–Crippen LogP) is 6.71. The number of hydrogen-bond donors (Lipinski definition) is 4. The third-order valence-electron chi connectivity index (χ3n) is 5.64. The van der Waals surface area contributed by atoms with Crippen LogP contribution in [0, 0.1) is 5.82 Å². The summed E-state index contributed by atoms with van der Waals surface area (Å²) in [4.78, 5) is 49.4. The molecule has 2 amide bonds. The third kappa shape index (κ3) is 6.93. The highest BCUT2D eigenvalue weighted by Gasteiger charge is 2.24. The van der Waals surface area contributed by atoms with E-state index in [-0.39, 0.29) is 16.8 Å². The van der Waals surface area contributed by atoms with E-state index in [0.29, 0.717) is 20.6 Å². The van der Waals surface area contributed by atoms with E-state index < -0.39 is 40.4 Å². The minimum Gasteiger partial charge on any atom is -0.478 e. The number of amides is 2. The van der Waals surface area contributed by atoms with Crippen LogP contribution < -0.4 is 10.6 Å². The van der Waals surface area contributed by atoms with Crippen molar-refractivity contribution >= 4 is 62.8 Å². The van der Waals surface area contributed by atoms with Crippen molar-refractivity contribution in [3.8, 4) is 0 Å². The zero-order valence-corrected chi connectivity index (χ0v) is 22.8. The number of halogens is 2. The predicted molar refractivity (Wildman–Crippen MR) is 153 cm³/mol. The summed E-state index contributed by atoms with van der Waals surface area (Å²) in [6, 6.07) is 23.1. The summed E-state index contributed by atoms with van der Waals surface area (Å²) in [5, 5.41) is 23.1. The first-order chi connectivity index (χ1) is 19.1. The van der Waals surface area contributed by atoms with Crippen LogP contribution in [-0.2, 0) is 4.79 Å². The molecule has 0 radical (unpaired) electrons. The van der Waals surface area contributed by atoms with Gasteiger partial charge in [0.25, 0.3) is 5.91 Å². The molecule has 4 rings (SSSR count). The summed E-state index contributed by atoms with van der Waals surface area (Å²) in [7, 11) is 0. The Kier molecular flexibility index (Phi) is 8.97. The van der Waals surface area contributed by atoms with Crippen molar-refractivity contribution in [1.82, 2.24) is 0 Å². The number of nitrogens with one attached hydrogen (secondary N) is 2. The van der Waals surface area contributed by atoms with Gasteiger partial charge in [-0.1, -0.05) is 46.3 Å². The van der Waals surface area contributed by atoms with E-state index in [9.17, 15) is 28.7 Å². The van der Waals surface area contributed by atoms with Crippen LogP contribution in [-0.4, -0.2) is 34.0 Å². The van der Waals surface area contributed by atoms with E-state index in [1.54, 1.807) is 54.6 Å². The second kappa shape index (κ2) is 12.6. The molecular weight excluding hydrogens is 603 g/mol. The summed E-state index contributed by atoms with van der Waals surface area (Å²) in [6.45, 7) is 0. The molecule has 0 bridgehead atoms. The Bertz CT molecular complexity index is 1600. The molecule has 8 nitrogen and oxygen atoms in total. The van der Waals surface area contributed by atoms with Gasteiger partial charge in [-0.15, -0.1) is 11.8 Å². The van der Waals surface area contributed by atoms with Crippen LogP contribution in [0.5, 0.6) is 0 Å². The van der Waals surface area contributed by atoms with E-state index in [2.05, 4.69) is 26.6 Å². The average molecular weight is 623 g/mol. The molecule has 202 valence electrons. The number of aromatic carboxylic acids is 2. The zero-order valence-electron chi connectivity index (χ0n) is 20.4. The zero-order chi connectivity index (χ0) is 28.8. The van der Waals surface area contributed by atoms with Gasteiger partial charge in [-0.25, -0.2) is 14.0 Å². The van der Waals surface area contributed by atoms with E-state index in [1.807, 2.05) is 6.07 Å². The first-order valence-corrected chi connectivity index (χ1v) is 13.3. The molecule has 4 aromatic rings. The van der Waals surface area contributed by atoms with Crippen molar-refractivity contribution in [2.45, 2.75) is 10.1 Å².